The average Bonchev–Trinajstić information content (AvgIpc) is 2.65. The van der Waals surface area contributed by atoms with E-state index >= 15 is 0 Å². The van der Waals surface area contributed by atoms with Gasteiger partial charge in [-0.15, -0.1) is 0 Å². The predicted molar refractivity (Wildman–Crippen MR) is 62.7 cm³/mol. The van der Waals surface area contributed by atoms with E-state index in [1.807, 2.05) is 6.08 Å². The maximum atomic E-state index is 11.3. The van der Waals surface area contributed by atoms with Crippen LogP contribution < -0.4 is 0 Å². The number of allylic oxidation sites excluding steroid dienone is 2. The highest BCUT2D eigenvalue weighted by Gasteiger charge is 2.26. The summed E-state index contributed by atoms with van der Waals surface area (Å²) in [7, 11) is 0. The lowest BCUT2D eigenvalue weighted by atomic mass is 9.84. The molecular formula is C14H22O. The molecule has 2 aliphatic carbocycles. The molecule has 0 aliphatic heterocycles. The monoisotopic (exact) mass is 206 g/mol. The van der Waals surface area contributed by atoms with Crippen LogP contribution in [0.25, 0.3) is 0 Å². The molecule has 0 aromatic heterocycles. The van der Waals surface area contributed by atoms with Crippen LogP contribution in [0, 0.1) is 11.8 Å². The van der Waals surface area contributed by atoms with E-state index in [0.29, 0.717) is 5.78 Å². The molecule has 84 valence electrons. The van der Waals surface area contributed by atoms with Crippen LogP contribution in [-0.4, -0.2) is 5.78 Å². The van der Waals surface area contributed by atoms with Crippen molar-refractivity contribution in [2.24, 2.45) is 11.8 Å². The smallest absolute Gasteiger partial charge is 0.155 e. The molecule has 1 saturated carbocycles. The first-order valence-electron chi connectivity index (χ1n) is 6.52. The lowest BCUT2D eigenvalue weighted by molar-refractivity contribution is -0.115. The van der Waals surface area contributed by atoms with Gasteiger partial charge >= 0.3 is 0 Å². The van der Waals surface area contributed by atoms with E-state index < -0.39 is 0 Å². The SMILES string of the molecule is CC[C@@H]1CCC[C@@H]1CC1=CC(=O)CCC1. The Hall–Kier alpha value is -0.590. The minimum absolute atomic E-state index is 0.363. The van der Waals surface area contributed by atoms with E-state index in [0.717, 1.165) is 24.7 Å². The van der Waals surface area contributed by atoms with Crippen molar-refractivity contribution in [3.8, 4) is 0 Å². The van der Waals surface area contributed by atoms with Gasteiger partial charge in [-0.1, -0.05) is 31.8 Å². The Kier molecular flexibility index (Phi) is 3.61. The van der Waals surface area contributed by atoms with E-state index in [4.69, 9.17) is 0 Å². The fourth-order valence-electron chi connectivity index (χ4n) is 3.28. The molecule has 0 radical (unpaired) electrons. The number of hydrogen-bond donors (Lipinski definition) is 0. The molecule has 0 aromatic carbocycles. The maximum absolute atomic E-state index is 11.3. The van der Waals surface area contributed by atoms with Gasteiger partial charge in [0.15, 0.2) is 5.78 Å². The summed E-state index contributed by atoms with van der Waals surface area (Å²) in [6.45, 7) is 2.31. The van der Waals surface area contributed by atoms with Crippen LogP contribution in [0.15, 0.2) is 11.6 Å². The molecule has 0 aromatic rings. The van der Waals surface area contributed by atoms with Gasteiger partial charge in [0.25, 0.3) is 0 Å². The largest absolute Gasteiger partial charge is 0.295 e. The second kappa shape index (κ2) is 4.96. The zero-order valence-electron chi connectivity index (χ0n) is 9.80. The fraction of sp³-hybridized carbons (Fsp3) is 0.786. The van der Waals surface area contributed by atoms with Crippen molar-refractivity contribution in [1.82, 2.24) is 0 Å². The van der Waals surface area contributed by atoms with Crippen molar-refractivity contribution in [3.05, 3.63) is 11.6 Å². The Balaban J connectivity index is 1.93. The Morgan fingerprint density at radius 2 is 2.00 bits per heavy atom. The molecule has 1 nitrogen and oxygen atoms in total. The van der Waals surface area contributed by atoms with Crippen LogP contribution in [0.5, 0.6) is 0 Å². The van der Waals surface area contributed by atoms with Gasteiger partial charge in [-0.3, -0.25) is 4.79 Å². The lowest BCUT2D eigenvalue weighted by Crippen LogP contribution is -2.11. The highest BCUT2D eigenvalue weighted by Crippen LogP contribution is 2.39. The summed E-state index contributed by atoms with van der Waals surface area (Å²) < 4.78 is 0. The number of ketones is 1. The van der Waals surface area contributed by atoms with Gasteiger partial charge in [0, 0.05) is 6.42 Å². The van der Waals surface area contributed by atoms with Gasteiger partial charge in [0.1, 0.15) is 0 Å². The molecule has 0 amide bonds. The topological polar surface area (TPSA) is 17.1 Å². The molecule has 1 fully saturated rings. The minimum Gasteiger partial charge on any atom is -0.295 e. The predicted octanol–water partition coefficient (Wildman–Crippen LogP) is 3.88. The van der Waals surface area contributed by atoms with Gasteiger partial charge in [0.2, 0.25) is 0 Å². The van der Waals surface area contributed by atoms with Crippen molar-refractivity contribution in [2.75, 3.05) is 0 Å². The molecule has 0 bridgehead atoms. The third-order valence-corrected chi connectivity index (χ3v) is 4.15. The van der Waals surface area contributed by atoms with Crippen molar-refractivity contribution in [1.29, 1.82) is 0 Å². The second-order valence-corrected chi connectivity index (χ2v) is 5.19. The quantitative estimate of drug-likeness (QED) is 0.685. The average molecular weight is 206 g/mol. The standard InChI is InChI=1S/C14H22O/c1-2-12-6-4-7-13(12)9-11-5-3-8-14(15)10-11/h10,12-13H,2-9H2,1H3/t12-,13-/m1/s1. The third kappa shape index (κ3) is 2.70. The fourth-order valence-corrected chi connectivity index (χ4v) is 3.28. The first kappa shape index (κ1) is 10.9. The molecule has 2 atom stereocenters. The van der Waals surface area contributed by atoms with Gasteiger partial charge in [-0.05, 0) is 43.6 Å². The molecule has 2 aliphatic rings. The number of rotatable bonds is 3. The molecular weight excluding hydrogens is 184 g/mol. The van der Waals surface area contributed by atoms with E-state index in [-0.39, 0.29) is 0 Å². The van der Waals surface area contributed by atoms with Crippen molar-refractivity contribution in [3.63, 3.8) is 0 Å². The molecule has 0 heterocycles. The van der Waals surface area contributed by atoms with Crippen LogP contribution in [0.3, 0.4) is 0 Å². The summed E-state index contributed by atoms with van der Waals surface area (Å²) in [6.07, 6.45) is 11.7. The Morgan fingerprint density at radius 3 is 2.73 bits per heavy atom. The normalized spacial score (nSPS) is 31.8. The molecule has 0 saturated heterocycles. The van der Waals surface area contributed by atoms with E-state index in [1.165, 1.54) is 44.1 Å². The van der Waals surface area contributed by atoms with E-state index in [9.17, 15) is 4.79 Å². The van der Waals surface area contributed by atoms with Crippen molar-refractivity contribution < 1.29 is 4.79 Å². The van der Waals surface area contributed by atoms with Crippen LogP contribution in [-0.2, 0) is 4.79 Å². The van der Waals surface area contributed by atoms with E-state index in [2.05, 4.69) is 6.92 Å². The molecule has 2 rings (SSSR count). The summed E-state index contributed by atoms with van der Waals surface area (Å²) in [5.74, 6) is 2.18. The highest BCUT2D eigenvalue weighted by molar-refractivity contribution is 5.91. The Bertz CT molecular complexity index is 265. The van der Waals surface area contributed by atoms with Crippen LogP contribution in [0.1, 0.15) is 58.3 Å². The molecule has 0 spiro atoms. The van der Waals surface area contributed by atoms with Gasteiger partial charge in [-0.25, -0.2) is 0 Å². The van der Waals surface area contributed by atoms with Crippen molar-refractivity contribution in [2.45, 2.75) is 58.3 Å². The molecule has 0 N–H and O–H groups in total. The lowest BCUT2D eigenvalue weighted by Gasteiger charge is -2.21. The number of carbonyl (C=O) groups is 1. The third-order valence-electron chi connectivity index (χ3n) is 4.15. The highest BCUT2D eigenvalue weighted by atomic mass is 16.1. The zero-order chi connectivity index (χ0) is 10.7. The summed E-state index contributed by atoms with van der Waals surface area (Å²) in [5.41, 5.74) is 1.44. The summed E-state index contributed by atoms with van der Waals surface area (Å²) in [6, 6.07) is 0. The molecule has 15 heavy (non-hydrogen) atoms. The first-order chi connectivity index (χ1) is 7.29. The van der Waals surface area contributed by atoms with Gasteiger partial charge in [0.05, 0.1) is 0 Å². The van der Waals surface area contributed by atoms with Crippen molar-refractivity contribution >= 4 is 5.78 Å². The molecule has 1 heteroatoms. The van der Waals surface area contributed by atoms with Crippen LogP contribution in [0.4, 0.5) is 0 Å². The summed E-state index contributed by atoms with van der Waals surface area (Å²) >= 11 is 0. The zero-order valence-corrected chi connectivity index (χ0v) is 9.80. The Morgan fingerprint density at radius 1 is 1.20 bits per heavy atom. The number of carbonyl (C=O) groups excluding carboxylic acids is 1. The van der Waals surface area contributed by atoms with E-state index in [1.54, 1.807) is 0 Å². The summed E-state index contributed by atoms with van der Waals surface area (Å²) in [4.78, 5) is 11.3. The minimum atomic E-state index is 0.363. The first-order valence-corrected chi connectivity index (χ1v) is 6.52. The maximum Gasteiger partial charge on any atom is 0.155 e. The van der Waals surface area contributed by atoms with Crippen LogP contribution in [0.2, 0.25) is 0 Å². The second-order valence-electron chi connectivity index (χ2n) is 5.19. The van der Waals surface area contributed by atoms with Gasteiger partial charge < -0.3 is 0 Å². The summed E-state index contributed by atoms with van der Waals surface area (Å²) in [5, 5.41) is 0. The van der Waals surface area contributed by atoms with Gasteiger partial charge in [-0.2, -0.15) is 0 Å². The molecule has 0 unspecified atom stereocenters. The van der Waals surface area contributed by atoms with Crippen LogP contribution >= 0.6 is 0 Å². The Labute approximate surface area is 92.9 Å². The number of hydrogen-bond acceptors (Lipinski definition) is 1.